The van der Waals surface area contributed by atoms with Gasteiger partial charge in [-0.15, -0.1) is 0 Å². The molecule has 6 heteroatoms. The van der Waals surface area contributed by atoms with E-state index in [4.69, 9.17) is 4.74 Å². The zero-order valence-electron chi connectivity index (χ0n) is 10.5. The lowest BCUT2D eigenvalue weighted by Crippen LogP contribution is -2.22. The molecule has 1 saturated heterocycles. The number of carbonyl (C=O) groups is 2. The minimum Gasteiger partial charge on any atom is -0.504 e. The Hall–Kier alpha value is -1.95. The van der Waals surface area contributed by atoms with E-state index in [-0.39, 0.29) is 16.9 Å². The average Bonchev–Trinajstić information content (AvgIpc) is 2.62. The number of benzene rings is 1. The van der Waals surface area contributed by atoms with Gasteiger partial charge in [0.25, 0.3) is 11.1 Å². The van der Waals surface area contributed by atoms with Crippen molar-refractivity contribution in [2.24, 2.45) is 0 Å². The molecule has 2 rings (SSSR count). The van der Waals surface area contributed by atoms with Gasteiger partial charge in [0.2, 0.25) is 0 Å². The summed E-state index contributed by atoms with van der Waals surface area (Å²) in [6.45, 7) is 2.25. The smallest absolute Gasteiger partial charge is 0.293 e. The first kappa shape index (κ1) is 13.5. The number of likely N-dealkylation sites (N-methyl/N-ethyl adjacent to an activating group) is 1. The molecule has 19 heavy (non-hydrogen) atoms. The number of amides is 2. The van der Waals surface area contributed by atoms with Gasteiger partial charge in [0.1, 0.15) is 0 Å². The van der Waals surface area contributed by atoms with Crippen molar-refractivity contribution >= 4 is 29.0 Å². The number of rotatable bonds is 3. The highest BCUT2D eigenvalue weighted by Gasteiger charge is 2.31. The van der Waals surface area contributed by atoms with Gasteiger partial charge in [-0.05, 0) is 42.5 Å². The number of imide groups is 1. The van der Waals surface area contributed by atoms with Gasteiger partial charge in [-0.25, -0.2) is 0 Å². The Morgan fingerprint density at radius 3 is 2.74 bits per heavy atom. The maximum Gasteiger partial charge on any atom is 0.293 e. The summed E-state index contributed by atoms with van der Waals surface area (Å²) in [4.78, 5) is 24.5. The Balaban J connectivity index is 2.31. The summed E-state index contributed by atoms with van der Waals surface area (Å²) >= 11 is 0.895. The summed E-state index contributed by atoms with van der Waals surface area (Å²) in [5, 5.41) is 9.29. The van der Waals surface area contributed by atoms with E-state index in [0.29, 0.717) is 22.8 Å². The molecule has 1 aromatic rings. The molecule has 1 N–H and O–H groups in total. The third kappa shape index (κ3) is 2.73. The van der Waals surface area contributed by atoms with Gasteiger partial charge in [0, 0.05) is 7.05 Å². The Morgan fingerprint density at radius 1 is 1.42 bits per heavy atom. The number of aromatic hydroxyl groups is 1. The van der Waals surface area contributed by atoms with Crippen molar-refractivity contribution in [1.82, 2.24) is 4.90 Å². The molecule has 0 saturated carbocycles. The highest BCUT2D eigenvalue weighted by Crippen LogP contribution is 2.33. The number of ether oxygens (including phenoxy) is 1. The largest absolute Gasteiger partial charge is 0.504 e. The number of phenols is 1. The fourth-order valence-corrected chi connectivity index (χ4v) is 2.42. The number of phenolic OH excluding ortho intramolecular Hbond substituents is 1. The van der Waals surface area contributed by atoms with Crippen LogP contribution >= 0.6 is 11.8 Å². The van der Waals surface area contributed by atoms with Gasteiger partial charge in [0.15, 0.2) is 11.5 Å². The van der Waals surface area contributed by atoms with Crippen LogP contribution in [0.2, 0.25) is 0 Å². The second kappa shape index (κ2) is 5.36. The van der Waals surface area contributed by atoms with Crippen molar-refractivity contribution in [3.8, 4) is 11.5 Å². The minimum absolute atomic E-state index is 0.0441. The lowest BCUT2D eigenvalue weighted by molar-refractivity contribution is -0.121. The second-order valence-corrected chi connectivity index (χ2v) is 4.89. The Bertz CT molecular complexity index is 568. The van der Waals surface area contributed by atoms with Crippen LogP contribution in [-0.2, 0) is 4.79 Å². The third-order valence-corrected chi connectivity index (χ3v) is 3.53. The van der Waals surface area contributed by atoms with Gasteiger partial charge in [-0.2, -0.15) is 0 Å². The van der Waals surface area contributed by atoms with Crippen LogP contribution in [0, 0.1) is 0 Å². The normalized spacial score (nSPS) is 17.4. The molecule has 0 radical (unpaired) electrons. The number of carbonyl (C=O) groups excluding carboxylic acids is 2. The summed E-state index contributed by atoms with van der Waals surface area (Å²) < 4.78 is 5.26. The lowest BCUT2D eigenvalue weighted by atomic mass is 10.2. The summed E-state index contributed by atoms with van der Waals surface area (Å²) in [5.41, 5.74) is 0.695. The summed E-state index contributed by atoms with van der Waals surface area (Å²) in [6, 6.07) is 4.77. The van der Waals surface area contributed by atoms with Crippen LogP contribution in [0.4, 0.5) is 4.79 Å². The van der Waals surface area contributed by atoms with E-state index in [2.05, 4.69) is 0 Å². The monoisotopic (exact) mass is 279 g/mol. The number of hydrogen-bond acceptors (Lipinski definition) is 5. The number of nitrogens with zero attached hydrogens (tertiary/aromatic N) is 1. The molecule has 0 aromatic heterocycles. The lowest BCUT2D eigenvalue weighted by Gasteiger charge is -2.06. The molecule has 1 aliphatic rings. The first-order valence-electron chi connectivity index (χ1n) is 5.70. The first-order valence-corrected chi connectivity index (χ1v) is 6.52. The molecule has 1 aliphatic heterocycles. The van der Waals surface area contributed by atoms with Crippen molar-refractivity contribution in [3.63, 3.8) is 0 Å². The Labute approximate surface area is 114 Å². The van der Waals surface area contributed by atoms with E-state index in [1.807, 2.05) is 6.92 Å². The van der Waals surface area contributed by atoms with Gasteiger partial charge in [0.05, 0.1) is 11.5 Å². The molecular weight excluding hydrogens is 266 g/mol. The molecule has 100 valence electrons. The summed E-state index contributed by atoms with van der Waals surface area (Å²) in [6.07, 6.45) is 1.61. The summed E-state index contributed by atoms with van der Waals surface area (Å²) in [5.74, 6) is 0.0793. The van der Waals surface area contributed by atoms with Crippen LogP contribution in [0.3, 0.4) is 0 Å². The van der Waals surface area contributed by atoms with E-state index >= 15 is 0 Å². The van der Waals surface area contributed by atoms with E-state index in [9.17, 15) is 14.7 Å². The number of thioether (sulfide) groups is 1. The van der Waals surface area contributed by atoms with Crippen molar-refractivity contribution in [3.05, 3.63) is 28.7 Å². The average molecular weight is 279 g/mol. The molecule has 0 bridgehead atoms. The molecule has 1 aromatic carbocycles. The van der Waals surface area contributed by atoms with Gasteiger partial charge in [-0.1, -0.05) is 6.07 Å². The first-order chi connectivity index (χ1) is 9.02. The molecule has 5 nitrogen and oxygen atoms in total. The van der Waals surface area contributed by atoms with Crippen molar-refractivity contribution in [2.75, 3.05) is 13.7 Å². The van der Waals surface area contributed by atoms with E-state index in [0.717, 1.165) is 16.7 Å². The van der Waals surface area contributed by atoms with Crippen LogP contribution in [0.15, 0.2) is 23.1 Å². The Kier molecular flexibility index (Phi) is 3.80. The molecule has 0 spiro atoms. The number of hydrogen-bond donors (Lipinski definition) is 1. The van der Waals surface area contributed by atoms with Crippen LogP contribution in [0.5, 0.6) is 11.5 Å². The van der Waals surface area contributed by atoms with Crippen molar-refractivity contribution in [1.29, 1.82) is 0 Å². The standard InChI is InChI=1S/C13H13NO4S/c1-3-18-10-6-8(4-5-9(10)15)7-11-12(16)14(2)13(17)19-11/h4-7,15H,3H2,1-2H3/b11-7-. The highest BCUT2D eigenvalue weighted by molar-refractivity contribution is 8.18. The van der Waals surface area contributed by atoms with Gasteiger partial charge >= 0.3 is 0 Å². The van der Waals surface area contributed by atoms with Crippen LogP contribution < -0.4 is 4.74 Å². The molecular formula is C13H13NO4S. The zero-order valence-corrected chi connectivity index (χ0v) is 11.4. The second-order valence-electron chi connectivity index (χ2n) is 3.90. The highest BCUT2D eigenvalue weighted by atomic mass is 32.2. The maximum atomic E-state index is 11.7. The van der Waals surface area contributed by atoms with Crippen LogP contribution in [-0.4, -0.2) is 34.8 Å². The van der Waals surface area contributed by atoms with Crippen molar-refractivity contribution < 1.29 is 19.4 Å². The van der Waals surface area contributed by atoms with Gasteiger partial charge < -0.3 is 9.84 Å². The van der Waals surface area contributed by atoms with E-state index in [1.165, 1.54) is 13.1 Å². The predicted molar refractivity (Wildman–Crippen MR) is 73.0 cm³/mol. The quantitative estimate of drug-likeness (QED) is 0.861. The maximum absolute atomic E-state index is 11.7. The fourth-order valence-electron chi connectivity index (χ4n) is 1.59. The van der Waals surface area contributed by atoms with Crippen LogP contribution in [0.25, 0.3) is 6.08 Å². The summed E-state index contributed by atoms with van der Waals surface area (Å²) in [7, 11) is 1.45. The third-order valence-electron chi connectivity index (χ3n) is 2.57. The Morgan fingerprint density at radius 2 is 2.16 bits per heavy atom. The molecule has 0 aliphatic carbocycles. The SMILES string of the molecule is CCOc1cc(/C=C2\SC(=O)N(C)C2=O)ccc1O. The van der Waals surface area contributed by atoms with E-state index in [1.54, 1.807) is 18.2 Å². The molecule has 2 amide bonds. The molecule has 0 atom stereocenters. The van der Waals surface area contributed by atoms with E-state index < -0.39 is 0 Å². The molecule has 1 heterocycles. The zero-order chi connectivity index (χ0) is 14.0. The van der Waals surface area contributed by atoms with Gasteiger partial charge in [-0.3, -0.25) is 14.5 Å². The fraction of sp³-hybridized carbons (Fsp3) is 0.231. The minimum atomic E-state index is -0.318. The molecule has 1 fully saturated rings. The molecule has 0 unspecified atom stereocenters. The topological polar surface area (TPSA) is 66.8 Å². The van der Waals surface area contributed by atoms with Crippen LogP contribution in [0.1, 0.15) is 12.5 Å². The van der Waals surface area contributed by atoms with Crippen molar-refractivity contribution in [2.45, 2.75) is 6.92 Å². The predicted octanol–water partition coefficient (Wildman–Crippen LogP) is 2.46.